The second-order valence-corrected chi connectivity index (χ2v) is 5.02. The lowest BCUT2D eigenvalue weighted by atomic mass is 10.1. The Morgan fingerprint density at radius 3 is 2.50 bits per heavy atom. The minimum absolute atomic E-state index is 0.0672. The third-order valence-corrected chi connectivity index (χ3v) is 3.33. The van der Waals surface area contributed by atoms with E-state index in [4.69, 9.17) is 4.42 Å². The van der Waals surface area contributed by atoms with Crippen LogP contribution in [0.3, 0.4) is 0 Å². The number of halogens is 3. The maximum Gasteiger partial charge on any atom is 0.416 e. The number of carbonyl (C=O) groups excluding carboxylic acids is 1. The van der Waals surface area contributed by atoms with Crippen molar-refractivity contribution in [3.63, 3.8) is 0 Å². The molecule has 4 nitrogen and oxygen atoms in total. The highest BCUT2D eigenvalue weighted by Gasteiger charge is 2.30. The molecule has 1 heterocycles. The fraction of sp³-hybridized carbons (Fsp3) is 0.0588. The molecular weight excluding hydrogens is 323 g/mol. The van der Waals surface area contributed by atoms with Gasteiger partial charge in [-0.2, -0.15) is 13.2 Å². The summed E-state index contributed by atoms with van der Waals surface area (Å²) in [6.45, 7) is 0. The van der Waals surface area contributed by atoms with Gasteiger partial charge in [-0.15, -0.1) is 0 Å². The van der Waals surface area contributed by atoms with Crippen molar-refractivity contribution in [2.24, 2.45) is 0 Å². The number of anilines is 1. The molecule has 0 atom stereocenters. The van der Waals surface area contributed by atoms with Gasteiger partial charge in [-0.05, 0) is 30.3 Å². The van der Waals surface area contributed by atoms with E-state index in [-0.39, 0.29) is 11.3 Å². The van der Waals surface area contributed by atoms with Crippen LogP contribution in [0.1, 0.15) is 15.9 Å². The number of alkyl halides is 3. The molecule has 2 aromatic carbocycles. The van der Waals surface area contributed by atoms with Crippen LogP contribution in [0.5, 0.6) is 0 Å². The van der Waals surface area contributed by atoms with Crippen LogP contribution in [0.15, 0.2) is 63.8 Å². The molecule has 0 radical (unpaired) electrons. The molecule has 1 amide bonds. The van der Waals surface area contributed by atoms with Gasteiger partial charge in [0.15, 0.2) is 0 Å². The van der Waals surface area contributed by atoms with Crippen molar-refractivity contribution >= 4 is 22.6 Å². The van der Waals surface area contributed by atoms with Gasteiger partial charge in [0.25, 0.3) is 5.91 Å². The number of nitrogens with one attached hydrogen (secondary N) is 1. The van der Waals surface area contributed by atoms with Crippen LogP contribution < -0.4 is 10.9 Å². The monoisotopic (exact) mass is 333 g/mol. The summed E-state index contributed by atoms with van der Waals surface area (Å²) in [7, 11) is 0. The number of fused-ring (bicyclic) bond motifs is 1. The fourth-order valence-electron chi connectivity index (χ4n) is 2.19. The van der Waals surface area contributed by atoms with Gasteiger partial charge in [0.1, 0.15) is 11.1 Å². The summed E-state index contributed by atoms with van der Waals surface area (Å²) in [5, 5.41) is 2.81. The van der Waals surface area contributed by atoms with Gasteiger partial charge in [-0.25, -0.2) is 4.79 Å². The van der Waals surface area contributed by atoms with E-state index >= 15 is 0 Å². The first-order valence-electron chi connectivity index (χ1n) is 6.86. The van der Waals surface area contributed by atoms with Gasteiger partial charge in [-0.3, -0.25) is 4.79 Å². The number of amides is 1. The number of benzene rings is 2. The Bertz CT molecular complexity index is 976. The maximum atomic E-state index is 12.7. The van der Waals surface area contributed by atoms with Crippen molar-refractivity contribution in [3.05, 3.63) is 76.1 Å². The van der Waals surface area contributed by atoms with E-state index in [2.05, 4.69) is 5.32 Å². The molecule has 0 fully saturated rings. The summed E-state index contributed by atoms with van der Waals surface area (Å²) in [4.78, 5) is 24.1. The standard InChI is InChI=1S/C17H10F3NO3/c18-17(19,20)11-5-3-6-12(9-11)21-15(22)13-8-10-4-1-2-7-14(10)24-16(13)23/h1-9H,(H,21,22). The molecule has 0 saturated carbocycles. The molecule has 3 aromatic rings. The highest BCUT2D eigenvalue weighted by molar-refractivity contribution is 6.05. The summed E-state index contributed by atoms with van der Waals surface area (Å²) >= 11 is 0. The molecule has 0 aliphatic rings. The molecule has 0 bridgehead atoms. The Balaban J connectivity index is 1.93. The SMILES string of the molecule is O=C(Nc1cccc(C(F)(F)F)c1)c1cc2ccccc2oc1=O. The highest BCUT2D eigenvalue weighted by Crippen LogP contribution is 2.30. The molecule has 0 spiro atoms. The molecule has 0 saturated heterocycles. The predicted molar refractivity (Wildman–Crippen MR) is 81.9 cm³/mol. The van der Waals surface area contributed by atoms with E-state index in [0.717, 1.165) is 12.1 Å². The molecule has 0 aliphatic heterocycles. The number of carbonyl (C=O) groups is 1. The minimum atomic E-state index is -4.53. The molecule has 24 heavy (non-hydrogen) atoms. The Hall–Kier alpha value is -3.09. The average Bonchev–Trinajstić information content (AvgIpc) is 2.53. The Morgan fingerprint density at radius 1 is 1.00 bits per heavy atom. The second-order valence-electron chi connectivity index (χ2n) is 5.02. The number of hydrogen-bond donors (Lipinski definition) is 1. The van der Waals surface area contributed by atoms with Crippen LogP contribution in [0.25, 0.3) is 11.0 Å². The highest BCUT2D eigenvalue weighted by atomic mass is 19.4. The first kappa shape index (κ1) is 15.8. The van der Waals surface area contributed by atoms with Crippen LogP contribution in [0.2, 0.25) is 0 Å². The molecule has 7 heteroatoms. The van der Waals surface area contributed by atoms with Crippen molar-refractivity contribution in [1.29, 1.82) is 0 Å². The summed E-state index contributed by atoms with van der Waals surface area (Å²) in [6.07, 6.45) is -4.53. The molecule has 1 N–H and O–H groups in total. The summed E-state index contributed by atoms with van der Waals surface area (Å²) < 4.78 is 43.1. The van der Waals surface area contributed by atoms with Gasteiger partial charge >= 0.3 is 11.8 Å². The first-order chi connectivity index (χ1) is 11.3. The zero-order valence-electron chi connectivity index (χ0n) is 12.1. The normalized spacial score (nSPS) is 11.5. The lowest BCUT2D eigenvalue weighted by Gasteiger charge is -2.09. The summed E-state index contributed by atoms with van der Waals surface area (Å²) in [6, 6.07) is 12.1. The van der Waals surface area contributed by atoms with Crippen LogP contribution >= 0.6 is 0 Å². The minimum Gasteiger partial charge on any atom is -0.422 e. The fourth-order valence-corrected chi connectivity index (χ4v) is 2.19. The smallest absolute Gasteiger partial charge is 0.416 e. The first-order valence-corrected chi connectivity index (χ1v) is 6.86. The topological polar surface area (TPSA) is 59.3 Å². The van der Waals surface area contributed by atoms with E-state index in [1.54, 1.807) is 24.3 Å². The van der Waals surface area contributed by atoms with Crippen LogP contribution in [0, 0.1) is 0 Å². The van der Waals surface area contributed by atoms with Crippen LogP contribution in [-0.2, 0) is 6.18 Å². The van der Waals surface area contributed by atoms with Crippen molar-refractivity contribution in [3.8, 4) is 0 Å². The van der Waals surface area contributed by atoms with Crippen molar-refractivity contribution in [2.45, 2.75) is 6.18 Å². The Kier molecular flexibility index (Phi) is 3.84. The lowest BCUT2D eigenvalue weighted by molar-refractivity contribution is -0.137. The lowest BCUT2D eigenvalue weighted by Crippen LogP contribution is -2.21. The molecular formula is C17H10F3NO3. The molecule has 3 rings (SSSR count). The Labute approximate surface area is 133 Å². The van der Waals surface area contributed by atoms with E-state index in [0.29, 0.717) is 11.0 Å². The maximum absolute atomic E-state index is 12.7. The zero-order chi connectivity index (χ0) is 17.3. The summed E-state index contributed by atoms with van der Waals surface area (Å²) in [5.41, 5.74) is -1.80. The average molecular weight is 333 g/mol. The summed E-state index contributed by atoms with van der Waals surface area (Å²) in [5.74, 6) is -0.839. The number of para-hydroxylation sites is 1. The van der Waals surface area contributed by atoms with Crippen molar-refractivity contribution < 1.29 is 22.4 Å². The van der Waals surface area contributed by atoms with E-state index in [1.165, 1.54) is 18.2 Å². The van der Waals surface area contributed by atoms with E-state index in [1.807, 2.05) is 0 Å². The van der Waals surface area contributed by atoms with Crippen molar-refractivity contribution in [1.82, 2.24) is 0 Å². The third kappa shape index (κ3) is 3.15. The quantitative estimate of drug-likeness (QED) is 0.719. The largest absolute Gasteiger partial charge is 0.422 e. The number of rotatable bonds is 2. The molecule has 1 aromatic heterocycles. The van der Waals surface area contributed by atoms with E-state index in [9.17, 15) is 22.8 Å². The number of hydrogen-bond acceptors (Lipinski definition) is 3. The van der Waals surface area contributed by atoms with Gasteiger partial charge < -0.3 is 9.73 Å². The molecule has 122 valence electrons. The van der Waals surface area contributed by atoms with E-state index < -0.39 is 23.3 Å². The Morgan fingerprint density at radius 2 is 1.75 bits per heavy atom. The third-order valence-electron chi connectivity index (χ3n) is 3.33. The molecule has 0 unspecified atom stereocenters. The van der Waals surface area contributed by atoms with Gasteiger partial charge in [0.05, 0.1) is 5.56 Å². The van der Waals surface area contributed by atoms with Gasteiger partial charge in [0, 0.05) is 11.1 Å². The zero-order valence-corrected chi connectivity index (χ0v) is 12.1. The second kappa shape index (κ2) is 5.84. The van der Waals surface area contributed by atoms with Gasteiger partial charge in [-0.1, -0.05) is 24.3 Å². The van der Waals surface area contributed by atoms with Crippen molar-refractivity contribution in [2.75, 3.05) is 5.32 Å². The van der Waals surface area contributed by atoms with Crippen LogP contribution in [-0.4, -0.2) is 5.91 Å². The van der Waals surface area contributed by atoms with Crippen LogP contribution in [0.4, 0.5) is 18.9 Å². The predicted octanol–water partition coefficient (Wildman–Crippen LogP) is 4.06. The van der Waals surface area contributed by atoms with Gasteiger partial charge in [0.2, 0.25) is 0 Å². The molecule has 0 aliphatic carbocycles.